The number of aryl methyl sites for hydroxylation is 2. The van der Waals surface area contributed by atoms with Gasteiger partial charge in [0.15, 0.2) is 0 Å². The average Bonchev–Trinajstić information content (AvgIpc) is 2.43. The molecule has 1 atom stereocenters. The summed E-state index contributed by atoms with van der Waals surface area (Å²) in [6.45, 7) is 7.25. The smallest absolute Gasteiger partial charge is 0.123 e. The molecule has 2 aromatic carbocycles. The van der Waals surface area contributed by atoms with Crippen LogP contribution in [0, 0.1) is 13.8 Å². The number of rotatable bonds is 5. The zero-order valence-electron chi connectivity index (χ0n) is 13.0. The summed E-state index contributed by atoms with van der Waals surface area (Å²) < 4.78 is 6.66. The Morgan fingerprint density at radius 2 is 1.86 bits per heavy atom. The first-order chi connectivity index (χ1) is 10.0. The van der Waals surface area contributed by atoms with Crippen LogP contribution in [-0.4, -0.2) is 13.7 Å². The van der Waals surface area contributed by atoms with Crippen LogP contribution in [0.3, 0.4) is 0 Å². The molecule has 0 radical (unpaired) electrons. The molecule has 2 nitrogen and oxygen atoms in total. The minimum absolute atomic E-state index is 0.126. The van der Waals surface area contributed by atoms with Crippen LogP contribution < -0.4 is 10.1 Å². The molecule has 0 aliphatic heterocycles. The van der Waals surface area contributed by atoms with E-state index in [0.717, 1.165) is 16.8 Å². The van der Waals surface area contributed by atoms with Gasteiger partial charge < -0.3 is 10.1 Å². The Labute approximate surface area is 135 Å². The predicted molar refractivity (Wildman–Crippen MR) is 92.1 cm³/mol. The van der Waals surface area contributed by atoms with Crippen LogP contribution >= 0.6 is 15.9 Å². The van der Waals surface area contributed by atoms with E-state index in [4.69, 9.17) is 4.74 Å². The lowest BCUT2D eigenvalue weighted by molar-refractivity contribution is 0.404. The Morgan fingerprint density at radius 3 is 2.48 bits per heavy atom. The molecule has 0 aromatic heterocycles. The third kappa shape index (κ3) is 3.86. The van der Waals surface area contributed by atoms with Gasteiger partial charge in [0, 0.05) is 10.0 Å². The maximum absolute atomic E-state index is 5.56. The van der Waals surface area contributed by atoms with E-state index < -0.39 is 0 Å². The van der Waals surface area contributed by atoms with E-state index >= 15 is 0 Å². The average molecular weight is 348 g/mol. The van der Waals surface area contributed by atoms with Gasteiger partial charge in [0.1, 0.15) is 5.75 Å². The number of methoxy groups -OCH3 is 1. The van der Waals surface area contributed by atoms with Crippen LogP contribution in [0.4, 0.5) is 0 Å². The van der Waals surface area contributed by atoms with E-state index in [1.54, 1.807) is 7.11 Å². The van der Waals surface area contributed by atoms with Crippen molar-refractivity contribution in [2.24, 2.45) is 0 Å². The van der Waals surface area contributed by atoms with E-state index in [1.807, 2.05) is 6.07 Å². The van der Waals surface area contributed by atoms with Gasteiger partial charge in [-0.2, -0.15) is 0 Å². The van der Waals surface area contributed by atoms with Crippen molar-refractivity contribution in [2.45, 2.75) is 26.8 Å². The third-order valence-corrected chi connectivity index (χ3v) is 3.96. The highest BCUT2D eigenvalue weighted by Gasteiger charge is 2.18. The molecule has 0 saturated carbocycles. The number of hydrogen-bond donors (Lipinski definition) is 1. The molecule has 0 saturated heterocycles. The summed E-state index contributed by atoms with van der Waals surface area (Å²) in [5, 5.41) is 3.57. The molecule has 0 amide bonds. The second-order valence-corrected chi connectivity index (χ2v) is 6.21. The number of benzene rings is 2. The highest BCUT2D eigenvalue weighted by atomic mass is 79.9. The molecule has 21 heavy (non-hydrogen) atoms. The topological polar surface area (TPSA) is 21.3 Å². The van der Waals surface area contributed by atoms with E-state index in [0.29, 0.717) is 0 Å². The molecule has 0 heterocycles. The largest absolute Gasteiger partial charge is 0.496 e. The van der Waals surface area contributed by atoms with Gasteiger partial charge in [-0.05, 0) is 49.7 Å². The van der Waals surface area contributed by atoms with E-state index in [1.165, 1.54) is 22.3 Å². The van der Waals surface area contributed by atoms with Gasteiger partial charge in [-0.3, -0.25) is 0 Å². The fourth-order valence-corrected chi connectivity index (χ4v) is 3.25. The number of hydrogen-bond acceptors (Lipinski definition) is 2. The molecule has 112 valence electrons. The first-order valence-corrected chi connectivity index (χ1v) is 7.99. The van der Waals surface area contributed by atoms with E-state index in [9.17, 15) is 0 Å². The van der Waals surface area contributed by atoms with Crippen molar-refractivity contribution in [1.29, 1.82) is 0 Å². The molecule has 2 rings (SSSR count). The molecule has 0 aliphatic rings. The zero-order chi connectivity index (χ0) is 15.4. The molecule has 0 spiro atoms. The summed E-state index contributed by atoms with van der Waals surface area (Å²) in [5.74, 6) is 0.921. The highest BCUT2D eigenvalue weighted by Crippen LogP contribution is 2.32. The molecular weight excluding hydrogens is 326 g/mol. The lowest BCUT2D eigenvalue weighted by Crippen LogP contribution is -2.22. The van der Waals surface area contributed by atoms with E-state index in [-0.39, 0.29) is 6.04 Å². The number of ether oxygens (including phenoxy) is 1. The minimum Gasteiger partial charge on any atom is -0.496 e. The zero-order valence-corrected chi connectivity index (χ0v) is 14.6. The van der Waals surface area contributed by atoms with Gasteiger partial charge in [-0.25, -0.2) is 0 Å². The second-order valence-electron chi connectivity index (χ2n) is 5.30. The first-order valence-electron chi connectivity index (χ1n) is 7.20. The van der Waals surface area contributed by atoms with Gasteiger partial charge in [-0.1, -0.05) is 46.6 Å². The molecule has 0 aliphatic carbocycles. The lowest BCUT2D eigenvalue weighted by atomic mass is 9.95. The SMILES string of the molecule is CCNC(c1cc(C)cc(Br)c1)c1cc(C)ccc1OC. The van der Waals surface area contributed by atoms with Crippen molar-refractivity contribution in [3.05, 3.63) is 63.1 Å². The second kappa shape index (κ2) is 7.10. The van der Waals surface area contributed by atoms with Crippen LogP contribution in [0.5, 0.6) is 5.75 Å². The van der Waals surface area contributed by atoms with Gasteiger partial charge in [0.25, 0.3) is 0 Å². The molecule has 3 heteroatoms. The Kier molecular flexibility index (Phi) is 5.43. The summed E-state index contributed by atoms with van der Waals surface area (Å²) in [6.07, 6.45) is 0. The third-order valence-electron chi connectivity index (χ3n) is 3.50. The monoisotopic (exact) mass is 347 g/mol. The molecule has 1 N–H and O–H groups in total. The Hall–Kier alpha value is -1.32. The minimum atomic E-state index is 0.126. The van der Waals surface area contributed by atoms with Crippen molar-refractivity contribution in [3.63, 3.8) is 0 Å². The fourth-order valence-electron chi connectivity index (χ4n) is 2.62. The van der Waals surface area contributed by atoms with Crippen LogP contribution in [0.25, 0.3) is 0 Å². The molecule has 0 fully saturated rings. The Morgan fingerprint density at radius 1 is 1.10 bits per heavy atom. The molecule has 1 unspecified atom stereocenters. The first kappa shape index (κ1) is 16.1. The van der Waals surface area contributed by atoms with Crippen molar-refractivity contribution >= 4 is 15.9 Å². The Bertz CT molecular complexity index is 604. The van der Waals surface area contributed by atoms with Gasteiger partial charge in [-0.15, -0.1) is 0 Å². The van der Waals surface area contributed by atoms with Crippen LogP contribution in [0.1, 0.15) is 35.2 Å². The van der Waals surface area contributed by atoms with Gasteiger partial charge in [0.05, 0.1) is 13.2 Å². The van der Waals surface area contributed by atoms with Crippen molar-refractivity contribution < 1.29 is 4.74 Å². The maximum atomic E-state index is 5.56. The molecule has 2 aromatic rings. The predicted octanol–water partition coefficient (Wildman–Crippen LogP) is 4.77. The van der Waals surface area contributed by atoms with Crippen molar-refractivity contribution in [3.8, 4) is 5.75 Å². The van der Waals surface area contributed by atoms with Gasteiger partial charge >= 0.3 is 0 Å². The summed E-state index contributed by atoms with van der Waals surface area (Å²) >= 11 is 3.60. The van der Waals surface area contributed by atoms with Crippen molar-refractivity contribution in [1.82, 2.24) is 5.32 Å². The Balaban J connectivity index is 2.55. The molecule has 0 bridgehead atoms. The van der Waals surface area contributed by atoms with Crippen LogP contribution in [0.2, 0.25) is 0 Å². The lowest BCUT2D eigenvalue weighted by Gasteiger charge is -2.22. The quantitative estimate of drug-likeness (QED) is 0.840. The summed E-state index contributed by atoms with van der Waals surface area (Å²) in [5.41, 5.74) is 4.90. The molecular formula is C18H22BrNO. The van der Waals surface area contributed by atoms with E-state index in [2.05, 4.69) is 72.3 Å². The summed E-state index contributed by atoms with van der Waals surface area (Å²) in [7, 11) is 1.73. The van der Waals surface area contributed by atoms with Crippen LogP contribution in [0.15, 0.2) is 40.9 Å². The summed E-state index contributed by atoms with van der Waals surface area (Å²) in [4.78, 5) is 0. The highest BCUT2D eigenvalue weighted by molar-refractivity contribution is 9.10. The number of halogens is 1. The number of nitrogens with one attached hydrogen (secondary N) is 1. The van der Waals surface area contributed by atoms with Crippen LogP contribution in [-0.2, 0) is 0 Å². The van der Waals surface area contributed by atoms with Gasteiger partial charge in [0.2, 0.25) is 0 Å². The standard InChI is InChI=1S/C18H22BrNO/c1-5-20-18(14-8-13(3)9-15(19)11-14)16-10-12(2)6-7-17(16)21-4/h6-11,18,20H,5H2,1-4H3. The normalized spacial score (nSPS) is 12.2. The fraction of sp³-hybridized carbons (Fsp3) is 0.333. The maximum Gasteiger partial charge on any atom is 0.123 e. The summed E-state index contributed by atoms with van der Waals surface area (Å²) in [6, 6.07) is 13.0. The van der Waals surface area contributed by atoms with Crippen molar-refractivity contribution in [2.75, 3.05) is 13.7 Å².